The van der Waals surface area contributed by atoms with Crippen LogP contribution in [0.1, 0.15) is 0 Å². The highest BCUT2D eigenvalue weighted by molar-refractivity contribution is 4.34. The molecule has 0 rings (SSSR count). The molecule has 0 aliphatic carbocycles. The second kappa shape index (κ2) is 17.2. The molecule has 0 aromatic carbocycles. The van der Waals surface area contributed by atoms with Crippen molar-refractivity contribution in [1.29, 1.82) is 0 Å². The van der Waals surface area contributed by atoms with Crippen LogP contribution in [0.5, 0.6) is 0 Å². The summed E-state index contributed by atoms with van der Waals surface area (Å²) in [5.74, 6) is 0. The predicted octanol–water partition coefficient (Wildman–Crippen LogP) is -1.46. The van der Waals surface area contributed by atoms with Crippen molar-refractivity contribution < 1.29 is 24.8 Å². The van der Waals surface area contributed by atoms with E-state index in [0.717, 1.165) is 6.54 Å². The Bertz CT molecular complexity index is 105. The quantitative estimate of drug-likeness (QED) is 0.427. The van der Waals surface area contributed by atoms with Crippen LogP contribution in [0, 0.1) is 0 Å². The number of aliphatic hydroxyl groups excluding tert-OH is 3. The molecule has 0 bridgehead atoms. The zero-order valence-corrected chi connectivity index (χ0v) is 10.3. The van der Waals surface area contributed by atoms with Gasteiger partial charge in [0.2, 0.25) is 0 Å². The van der Waals surface area contributed by atoms with Crippen LogP contribution in [0.3, 0.4) is 0 Å². The number of likely N-dealkylation sites (N-methyl/N-ethyl adjacent to an activating group) is 1. The molecule has 0 aliphatic rings. The maximum Gasteiger partial charge on any atom is 0.0701 e. The average molecular weight is 239 g/mol. The molecule has 100 valence electrons. The third kappa shape index (κ3) is 23.5. The maximum absolute atomic E-state index is 8.26. The van der Waals surface area contributed by atoms with E-state index in [-0.39, 0.29) is 19.8 Å². The van der Waals surface area contributed by atoms with Crippen molar-refractivity contribution in [2.75, 3.05) is 66.9 Å². The highest BCUT2D eigenvalue weighted by Gasteiger charge is 1.86. The first-order valence-electron chi connectivity index (χ1n) is 5.31. The summed E-state index contributed by atoms with van der Waals surface area (Å²) in [5.41, 5.74) is 0. The molecular formula is C10H25NO5. The Morgan fingerprint density at radius 1 is 0.750 bits per heavy atom. The summed E-state index contributed by atoms with van der Waals surface area (Å²) in [4.78, 5) is 1.93. The van der Waals surface area contributed by atoms with Gasteiger partial charge in [-0.05, 0) is 14.1 Å². The number of rotatable bonds is 9. The SMILES string of the molecule is CN(C)CCO.OCCOCCOCCO. The minimum atomic E-state index is 0.0417. The number of aliphatic hydroxyl groups is 3. The molecular weight excluding hydrogens is 214 g/mol. The number of hydrogen-bond acceptors (Lipinski definition) is 6. The van der Waals surface area contributed by atoms with Gasteiger partial charge in [0.25, 0.3) is 0 Å². The Hall–Kier alpha value is -0.240. The fourth-order valence-electron chi connectivity index (χ4n) is 0.651. The van der Waals surface area contributed by atoms with Crippen LogP contribution in [-0.4, -0.2) is 87.1 Å². The molecule has 0 amide bonds. The molecule has 0 aromatic heterocycles. The lowest BCUT2D eigenvalue weighted by Crippen LogP contribution is -2.15. The van der Waals surface area contributed by atoms with Crippen molar-refractivity contribution in [2.45, 2.75) is 0 Å². The van der Waals surface area contributed by atoms with Crippen molar-refractivity contribution in [2.24, 2.45) is 0 Å². The highest BCUT2D eigenvalue weighted by atomic mass is 16.5. The van der Waals surface area contributed by atoms with E-state index >= 15 is 0 Å². The highest BCUT2D eigenvalue weighted by Crippen LogP contribution is 1.76. The van der Waals surface area contributed by atoms with Gasteiger partial charge in [-0.25, -0.2) is 0 Å². The molecule has 0 saturated carbocycles. The van der Waals surface area contributed by atoms with E-state index in [2.05, 4.69) is 0 Å². The summed E-state index contributed by atoms with van der Waals surface area (Å²) >= 11 is 0. The zero-order valence-electron chi connectivity index (χ0n) is 10.3. The van der Waals surface area contributed by atoms with Crippen LogP contribution in [-0.2, 0) is 9.47 Å². The summed E-state index contributed by atoms with van der Waals surface area (Å²) in [6.45, 7) is 2.75. The Labute approximate surface area is 97.4 Å². The first kappa shape index (κ1) is 18.1. The van der Waals surface area contributed by atoms with Gasteiger partial charge >= 0.3 is 0 Å². The van der Waals surface area contributed by atoms with Gasteiger partial charge in [-0.2, -0.15) is 0 Å². The van der Waals surface area contributed by atoms with Crippen LogP contribution in [0.25, 0.3) is 0 Å². The molecule has 0 aliphatic heterocycles. The van der Waals surface area contributed by atoms with Gasteiger partial charge in [0, 0.05) is 6.54 Å². The molecule has 0 heterocycles. The molecule has 0 unspecified atom stereocenters. The van der Waals surface area contributed by atoms with Crippen molar-refractivity contribution in [3.05, 3.63) is 0 Å². The monoisotopic (exact) mass is 239 g/mol. The first-order valence-corrected chi connectivity index (χ1v) is 5.31. The number of nitrogens with zero attached hydrogens (tertiary/aromatic N) is 1. The second-order valence-corrected chi connectivity index (χ2v) is 3.20. The van der Waals surface area contributed by atoms with E-state index in [4.69, 9.17) is 24.8 Å². The van der Waals surface area contributed by atoms with Gasteiger partial charge in [0.15, 0.2) is 0 Å². The molecule has 0 spiro atoms. The normalized spacial score (nSPS) is 10.1. The lowest BCUT2D eigenvalue weighted by atomic mass is 10.6. The second-order valence-electron chi connectivity index (χ2n) is 3.20. The molecule has 6 heteroatoms. The van der Waals surface area contributed by atoms with Gasteiger partial charge < -0.3 is 29.7 Å². The molecule has 0 atom stereocenters. The Kier molecular flexibility index (Phi) is 19.5. The lowest BCUT2D eigenvalue weighted by molar-refractivity contribution is 0.0222. The molecule has 16 heavy (non-hydrogen) atoms. The van der Waals surface area contributed by atoms with Crippen molar-refractivity contribution in [1.82, 2.24) is 4.90 Å². The fraction of sp³-hybridized carbons (Fsp3) is 1.00. The summed E-state index contributed by atoms with van der Waals surface area (Å²) in [6.07, 6.45) is 0. The Morgan fingerprint density at radius 3 is 1.38 bits per heavy atom. The van der Waals surface area contributed by atoms with Gasteiger partial charge in [0.1, 0.15) is 0 Å². The van der Waals surface area contributed by atoms with E-state index in [1.54, 1.807) is 0 Å². The average Bonchev–Trinajstić information content (AvgIpc) is 2.24. The smallest absolute Gasteiger partial charge is 0.0701 e. The van der Waals surface area contributed by atoms with E-state index in [0.29, 0.717) is 26.4 Å². The molecule has 3 N–H and O–H groups in total. The largest absolute Gasteiger partial charge is 0.395 e. The summed E-state index contributed by atoms with van der Waals surface area (Å²) in [5, 5.41) is 24.7. The van der Waals surface area contributed by atoms with Crippen LogP contribution >= 0.6 is 0 Å². The van der Waals surface area contributed by atoms with Gasteiger partial charge in [-0.1, -0.05) is 0 Å². The van der Waals surface area contributed by atoms with Crippen LogP contribution < -0.4 is 0 Å². The minimum Gasteiger partial charge on any atom is -0.395 e. The van der Waals surface area contributed by atoms with Gasteiger partial charge in [-0.3, -0.25) is 0 Å². The van der Waals surface area contributed by atoms with E-state index in [9.17, 15) is 0 Å². The van der Waals surface area contributed by atoms with Crippen LogP contribution in [0.15, 0.2) is 0 Å². The van der Waals surface area contributed by atoms with E-state index in [1.165, 1.54) is 0 Å². The number of hydrogen-bond donors (Lipinski definition) is 3. The molecule has 0 fully saturated rings. The topological polar surface area (TPSA) is 82.4 Å². The van der Waals surface area contributed by atoms with Gasteiger partial charge in [0.05, 0.1) is 46.2 Å². The number of ether oxygens (including phenoxy) is 2. The standard InChI is InChI=1S/C6H14O4.C4H11NO/c7-1-3-9-5-6-10-4-2-8;1-5(2)3-4-6/h7-8H,1-6H2;6H,3-4H2,1-2H3. The summed E-state index contributed by atoms with van der Waals surface area (Å²) in [6, 6.07) is 0. The van der Waals surface area contributed by atoms with Crippen molar-refractivity contribution in [3.63, 3.8) is 0 Å². The third-order valence-electron chi connectivity index (χ3n) is 1.39. The van der Waals surface area contributed by atoms with E-state index in [1.807, 2.05) is 19.0 Å². The van der Waals surface area contributed by atoms with Crippen LogP contribution in [0.4, 0.5) is 0 Å². The van der Waals surface area contributed by atoms with Crippen molar-refractivity contribution >= 4 is 0 Å². The van der Waals surface area contributed by atoms with Crippen LogP contribution in [0.2, 0.25) is 0 Å². The zero-order chi connectivity index (χ0) is 12.6. The first-order chi connectivity index (χ1) is 7.68. The molecule has 6 nitrogen and oxygen atoms in total. The Morgan fingerprint density at radius 2 is 1.19 bits per heavy atom. The summed E-state index contributed by atoms with van der Waals surface area (Å²) in [7, 11) is 3.85. The maximum atomic E-state index is 8.26. The molecule has 0 aromatic rings. The van der Waals surface area contributed by atoms with Gasteiger partial charge in [-0.15, -0.1) is 0 Å². The Balaban J connectivity index is 0. The predicted molar refractivity (Wildman–Crippen MR) is 61.4 cm³/mol. The molecule has 0 radical (unpaired) electrons. The minimum absolute atomic E-state index is 0.0417. The third-order valence-corrected chi connectivity index (χ3v) is 1.39. The fourth-order valence-corrected chi connectivity index (χ4v) is 0.651. The molecule has 0 saturated heterocycles. The van der Waals surface area contributed by atoms with E-state index < -0.39 is 0 Å². The lowest BCUT2D eigenvalue weighted by Gasteiger charge is -2.03. The van der Waals surface area contributed by atoms with Crippen molar-refractivity contribution in [3.8, 4) is 0 Å². The summed E-state index contributed by atoms with van der Waals surface area (Å²) < 4.78 is 9.75.